The Labute approximate surface area is 119 Å². The highest BCUT2D eigenvalue weighted by Crippen LogP contribution is 2.06. The summed E-state index contributed by atoms with van der Waals surface area (Å²) in [5.74, 6) is 6.07. The normalized spacial score (nSPS) is 11.1. The molecule has 0 spiro atoms. The third-order valence-electron chi connectivity index (χ3n) is 2.46. The summed E-state index contributed by atoms with van der Waals surface area (Å²) in [5.41, 5.74) is 2.33. The van der Waals surface area contributed by atoms with Gasteiger partial charge in [0.05, 0.1) is 6.26 Å². The lowest BCUT2D eigenvalue weighted by Gasteiger charge is -1.97. The van der Waals surface area contributed by atoms with Crippen molar-refractivity contribution in [1.29, 1.82) is 0 Å². The predicted molar refractivity (Wildman–Crippen MR) is 81.3 cm³/mol. The van der Waals surface area contributed by atoms with Gasteiger partial charge in [-0.05, 0) is 18.2 Å². The molecule has 4 heteroatoms. The molecular formula is C16H13NO2S. The standard InChI is InChI=1S/C16H13NO2S/c1-20(18,19)17-13-16-10-6-5-9-15(16)12-11-14-7-3-2-4-8-14/h2-10,13H,1H3/b17-13+. The van der Waals surface area contributed by atoms with Crippen molar-refractivity contribution < 1.29 is 8.42 Å². The second-order valence-electron chi connectivity index (χ2n) is 4.17. The van der Waals surface area contributed by atoms with Gasteiger partial charge in [0, 0.05) is 22.9 Å². The van der Waals surface area contributed by atoms with Gasteiger partial charge in [0.1, 0.15) is 0 Å². The molecule has 2 aromatic rings. The van der Waals surface area contributed by atoms with Crippen LogP contribution in [0.2, 0.25) is 0 Å². The maximum atomic E-state index is 11.1. The van der Waals surface area contributed by atoms with Crippen molar-refractivity contribution in [3.8, 4) is 11.8 Å². The van der Waals surface area contributed by atoms with Crippen molar-refractivity contribution in [2.24, 2.45) is 4.40 Å². The zero-order chi connectivity index (χ0) is 14.4. The lowest BCUT2D eigenvalue weighted by atomic mass is 10.1. The van der Waals surface area contributed by atoms with Crippen LogP contribution in [0.3, 0.4) is 0 Å². The smallest absolute Gasteiger partial charge is 0.205 e. The Morgan fingerprint density at radius 2 is 1.60 bits per heavy atom. The summed E-state index contributed by atoms with van der Waals surface area (Å²) in [6.07, 6.45) is 2.38. The summed E-state index contributed by atoms with van der Waals surface area (Å²) in [7, 11) is -3.38. The minimum absolute atomic E-state index is 0.682. The van der Waals surface area contributed by atoms with E-state index in [0.29, 0.717) is 5.56 Å². The molecule has 0 aliphatic carbocycles. The summed E-state index contributed by atoms with van der Waals surface area (Å²) in [6, 6.07) is 16.9. The quantitative estimate of drug-likeness (QED) is 0.628. The topological polar surface area (TPSA) is 46.5 Å². The summed E-state index contributed by atoms with van der Waals surface area (Å²) < 4.78 is 25.6. The highest BCUT2D eigenvalue weighted by molar-refractivity contribution is 7.89. The predicted octanol–water partition coefficient (Wildman–Crippen LogP) is 2.46. The Balaban J connectivity index is 2.35. The number of rotatable bonds is 2. The van der Waals surface area contributed by atoms with Crippen molar-refractivity contribution in [2.75, 3.05) is 6.26 Å². The molecule has 0 heterocycles. The first-order valence-electron chi connectivity index (χ1n) is 5.96. The van der Waals surface area contributed by atoms with Crippen LogP contribution in [-0.2, 0) is 10.0 Å². The SMILES string of the molecule is CS(=O)(=O)/N=C/c1ccccc1C#Cc1ccccc1. The van der Waals surface area contributed by atoms with Crippen LogP contribution in [0.15, 0.2) is 59.0 Å². The van der Waals surface area contributed by atoms with E-state index in [0.717, 1.165) is 17.4 Å². The fraction of sp³-hybridized carbons (Fsp3) is 0.0625. The highest BCUT2D eigenvalue weighted by atomic mass is 32.2. The molecule has 0 saturated carbocycles. The summed E-state index contributed by atoms with van der Waals surface area (Å²) in [4.78, 5) is 0. The summed E-state index contributed by atoms with van der Waals surface area (Å²) in [5, 5.41) is 0. The van der Waals surface area contributed by atoms with Gasteiger partial charge in [-0.1, -0.05) is 48.2 Å². The maximum Gasteiger partial charge on any atom is 0.250 e. The number of sulfonamides is 1. The van der Waals surface area contributed by atoms with Gasteiger partial charge in [0.15, 0.2) is 0 Å². The molecule has 0 aliphatic heterocycles. The largest absolute Gasteiger partial charge is 0.250 e. The van der Waals surface area contributed by atoms with E-state index >= 15 is 0 Å². The number of nitrogens with zero attached hydrogens (tertiary/aromatic N) is 1. The first-order chi connectivity index (χ1) is 9.54. The molecule has 20 heavy (non-hydrogen) atoms. The minimum atomic E-state index is -3.38. The first kappa shape index (κ1) is 14.0. The van der Waals surface area contributed by atoms with Crippen LogP contribution in [0.25, 0.3) is 0 Å². The molecule has 0 atom stereocenters. The van der Waals surface area contributed by atoms with Gasteiger partial charge in [-0.15, -0.1) is 0 Å². The lowest BCUT2D eigenvalue weighted by molar-refractivity contribution is 0.604. The Kier molecular flexibility index (Phi) is 4.34. The van der Waals surface area contributed by atoms with Crippen LogP contribution >= 0.6 is 0 Å². The Hall–Kier alpha value is -2.38. The molecular weight excluding hydrogens is 270 g/mol. The van der Waals surface area contributed by atoms with E-state index < -0.39 is 10.0 Å². The molecule has 0 radical (unpaired) electrons. The van der Waals surface area contributed by atoms with Gasteiger partial charge in [-0.2, -0.15) is 4.40 Å². The minimum Gasteiger partial charge on any atom is -0.205 e. The van der Waals surface area contributed by atoms with Gasteiger partial charge >= 0.3 is 0 Å². The fourth-order valence-corrected chi connectivity index (χ4v) is 1.84. The second kappa shape index (κ2) is 6.18. The van der Waals surface area contributed by atoms with Crippen LogP contribution in [-0.4, -0.2) is 20.9 Å². The molecule has 0 amide bonds. The van der Waals surface area contributed by atoms with Gasteiger partial charge < -0.3 is 0 Å². The van der Waals surface area contributed by atoms with Crippen LogP contribution in [0.5, 0.6) is 0 Å². The van der Waals surface area contributed by atoms with Crippen molar-refractivity contribution in [3.05, 3.63) is 71.3 Å². The maximum absolute atomic E-state index is 11.1. The lowest BCUT2D eigenvalue weighted by Crippen LogP contribution is -1.93. The monoisotopic (exact) mass is 283 g/mol. The fourth-order valence-electron chi connectivity index (χ4n) is 1.54. The first-order valence-corrected chi connectivity index (χ1v) is 7.81. The molecule has 0 aromatic heterocycles. The van der Waals surface area contributed by atoms with Gasteiger partial charge in [-0.3, -0.25) is 0 Å². The van der Waals surface area contributed by atoms with Crippen molar-refractivity contribution >= 4 is 16.2 Å². The van der Waals surface area contributed by atoms with E-state index in [1.54, 1.807) is 6.07 Å². The molecule has 2 rings (SSSR count). The highest BCUT2D eigenvalue weighted by Gasteiger charge is 1.98. The molecule has 0 fully saturated rings. The Morgan fingerprint density at radius 1 is 0.950 bits per heavy atom. The Bertz CT molecular complexity index is 782. The van der Waals surface area contributed by atoms with Crippen LogP contribution in [0.4, 0.5) is 0 Å². The summed E-state index contributed by atoms with van der Waals surface area (Å²) >= 11 is 0. The molecule has 0 N–H and O–H groups in total. The average Bonchev–Trinajstić information content (AvgIpc) is 2.44. The third kappa shape index (κ3) is 4.38. The zero-order valence-corrected chi connectivity index (χ0v) is 11.8. The number of hydrogen-bond donors (Lipinski definition) is 0. The van der Waals surface area contributed by atoms with Gasteiger partial charge in [-0.25, -0.2) is 8.42 Å². The number of benzene rings is 2. The zero-order valence-electron chi connectivity index (χ0n) is 10.9. The summed E-state index contributed by atoms with van der Waals surface area (Å²) in [6.45, 7) is 0. The average molecular weight is 283 g/mol. The van der Waals surface area contributed by atoms with Crippen molar-refractivity contribution in [3.63, 3.8) is 0 Å². The van der Waals surface area contributed by atoms with E-state index in [1.807, 2.05) is 48.5 Å². The molecule has 0 bridgehead atoms. The van der Waals surface area contributed by atoms with E-state index in [2.05, 4.69) is 16.2 Å². The van der Waals surface area contributed by atoms with Gasteiger partial charge in [0.25, 0.3) is 0 Å². The molecule has 0 aliphatic rings. The van der Waals surface area contributed by atoms with Crippen LogP contribution < -0.4 is 0 Å². The van der Waals surface area contributed by atoms with E-state index in [4.69, 9.17) is 0 Å². The van der Waals surface area contributed by atoms with E-state index in [9.17, 15) is 8.42 Å². The van der Waals surface area contributed by atoms with Gasteiger partial charge in [0.2, 0.25) is 10.0 Å². The van der Waals surface area contributed by atoms with E-state index in [-0.39, 0.29) is 0 Å². The van der Waals surface area contributed by atoms with Crippen LogP contribution in [0.1, 0.15) is 16.7 Å². The Morgan fingerprint density at radius 3 is 2.30 bits per heavy atom. The van der Waals surface area contributed by atoms with Crippen molar-refractivity contribution in [1.82, 2.24) is 0 Å². The molecule has 0 unspecified atom stereocenters. The number of hydrogen-bond acceptors (Lipinski definition) is 2. The molecule has 0 saturated heterocycles. The third-order valence-corrected chi connectivity index (χ3v) is 2.95. The molecule has 100 valence electrons. The van der Waals surface area contributed by atoms with Crippen LogP contribution in [0, 0.1) is 11.8 Å². The van der Waals surface area contributed by atoms with Crippen molar-refractivity contribution in [2.45, 2.75) is 0 Å². The van der Waals surface area contributed by atoms with E-state index in [1.165, 1.54) is 6.21 Å². The molecule has 3 nitrogen and oxygen atoms in total. The molecule has 2 aromatic carbocycles. The second-order valence-corrected chi connectivity index (χ2v) is 5.85.